The predicted molar refractivity (Wildman–Crippen MR) is 204 cm³/mol. The molecule has 5 aromatic carbocycles. The van der Waals surface area contributed by atoms with Crippen molar-refractivity contribution < 1.29 is 26.3 Å². The molecule has 0 saturated carbocycles. The van der Waals surface area contributed by atoms with Gasteiger partial charge in [0, 0.05) is 16.7 Å². The second-order valence-electron chi connectivity index (χ2n) is 12.6. The van der Waals surface area contributed by atoms with Crippen LogP contribution in [0.2, 0.25) is 0 Å². The highest BCUT2D eigenvalue weighted by Crippen LogP contribution is 2.57. The second-order valence-corrected chi connectivity index (χ2v) is 17.0. The number of halogens is 6. The fourth-order valence-electron chi connectivity index (χ4n) is 6.59. The number of alkyl halides is 6. The summed E-state index contributed by atoms with van der Waals surface area (Å²) in [5.74, 6) is 0. The van der Waals surface area contributed by atoms with Gasteiger partial charge >= 0.3 is 12.4 Å². The minimum absolute atomic E-state index is 0.0378. The Balaban J connectivity index is 1.09. The molecular weight excluding hydrogens is 767 g/mol. The number of benzene rings is 5. The number of aromatic nitrogens is 4. The maximum Gasteiger partial charge on any atom is 0.411 e. The minimum atomic E-state index is -5.75. The highest BCUT2D eigenvalue weighted by atomic mass is 32.1. The van der Waals surface area contributed by atoms with Crippen molar-refractivity contribution in [1.82, 2.24) is 19.9 Å². The lowest BCUT2D eigenvalue weighted by atomic mass is 9.72. The van der Waals surface area contributed by atoms with E-state index in [1.54, 1.807) is 22.7 Å². The zero-order valence-electron chi connectivity index (χ0n) is 27.4. The molecule has 0 aliphatic rings. The quantitative estimate of drug-likeness (QED) is 0.163. The molecule has 9 aromatic rings. The summed E-state index contributed by atoms with van der Waals surface area (Å²) in [6.45, 7) is 3.88. The van der Waals surface area contributed by atoms with Crippen LogP contribution in [-0.4, -0.2) is 32.3 Å². The van der Waals surface area contributed by atoms with Gasteiger partial charge in [0.2, 0.25) is 5.41 Å². The van der Waals surface area contributed by atoms with Crippen molar-refractivity contribution in [3.63, 3.8) is 0 Å². The van der Waals surface area contributed by atoms with E-state index in [9.17, 15) is 0 Å². The van der Waals surface area contributed by atoms with Crippen molar-refractivity contribution in [3.05, 3.63) is 119 Å². The van der Waals surface area contributed by atoms with E-state index in [2.05, 4.69) is 15.0 Å². The van der Waals surface area contributed by atoms with Gasteiger partial charge in [-0.15, -0.1) is 45.3 Å². The SMILES string of the molecule is Cc1ccc(-c2nc3cc(C(c4ccc5sc(-c6ccc(-c7nc8cc9sc(C)nc9cc8s7)cc6)nc5c4)(C(F)(F)F)C(F)(F)F)ccc3s2)cc1. The number of aryl methyl sites for hydroxylation is 2. The van der Waals surface area contributed by atoms with Crippen molar-refractivity contribution in [2.45, 2.75) is 31.6 Å². The van der Waals surface area contributed by atoms with E-state index in [1.807, 2.05) is 74.5 Å². The van der Waals surface area contributed by atoms with Gasteiger partial charge in [-0.05, 0) is 61.4 Å². The smallest absolute Gasteiger partial charge is 0.241 e. The molecule has 9 rings (SSSR count). The molecule has 0 fully saturated rings. The highest BCUT2D eigenvalue weighted by molar-refractivity contribution is 7.22. The first-order valence-corrected chi connectivity index (χ1v) is 19.3. The monoisotopic (exact) mass is 788 g/mol. The fraction of sp³-hybridized carbons (Fsp3) is 0.128. The molecule has 0 aliphatic heterocycles. The second kappa shape index (κ2) is 12.1. The maximum absolute atomic E-state index is 15.2. The standard InChI is InChI=1S/C39H22F6N4S4/c1-19-3-5-21(6-4-19)34-47-26-15-24(11-13-30(26)51-34)37(38(40,41)42,39(43,44)45)25-12-14-31-27(16-25)48-35(52-31)22-7-9-23(10-8-22)36-49-29-18-32-28(17-33(29)53-36)46-20(2)50-32/h3-18H,1-2H3. The van der Waals surface area contributed by atoms with E-state index in [1.165, 1.54) is 34.8 Å². The van der Waals surface area contributed by atoms with Crippen molar-refractivity contribution in [2.75, 3.05) is 0 Å². The number of fused-ring (bicyclic) bond motifs is 4. The van der Waals surface area contributed by atoms with Crippen molar-refractivity contribution >= 4 is 86.2 Å². The van der Waals surface area contributed by atoms with Gasteiger partial charge in [0.25, 0.3) is 0 Å². The Morgan fingerprint density at radius 2 is 0.792 bits per heavy atom. The van der Waals surface area contributed by atoms with Crippen LogP contribution in [0.1, 0.15) is 21.7 Å². The molecule has 264 valence electrons. The molecule has 0 saturated heterocycles. The summed E-state index contributed by atoms with van der Waals surface area (Å²) < 4.78 is 94.1. The minimum Gasteiger partial charge on any atom is -0.241 e. The average molecular weight is 789 g/mol. The normalized spacial score (nSPS) is 12.9. The third kappa shape index (κ3) is 5.61. The first kappa shape index (κ1) is 34.0. The topological polar surface area (TPSA) is 51.6 Å². The molecule has 0 N–H and O–H groups in total. The lowest BCUT2D eigenvalue weighted by Crippen LogP contribution is -2.54. The van der Waals surface area contributed by atoms with Crippen LogP contribution >= 0.6 is 45.3 Å². The lowest BCUT2D eigenvalue weighted by Gasteiger charge is -2.38. The maximum atomic E-state index is 15.2. The van der Waals surface area contributed by atoms with Gasteiger partial charge in [0.15, 0.2) is 0 Å². The van der Waals surface area contributed by atoms with Crippen molar-refractivity contribution in [1.29, 1.82) is 0 Å². The molecule has 53 heavy (non-hydrogen) atoms. The molecule has 4 nitrogen and oxygen atoms in total. The Labute approximate surface area is 313 Å². The van der Waals surface area contributed by atoms with Gasteiger partial charge in [0.05, 0.1) is 45.9 Å². The lowest BCUT2D eigenvalue weighted by molar-refractivity contribution is -0.288. The Hall–Kier alpha value is -4.76. The van der Waals surface area contributed by atoms with Crippen molar-refractivity contribution in [2.24, 2.45) is 0 Å². The number of thiazole rings is 4. The van der Waals surface area contributed by atoms with Gasteiger partial charge in [-0.2, -0.15) is 26.3 Å². The summed E-state index contributed by atoms with van der Waals surface area (Å²) >= 11 is 5.55. The van der Waals surface area contributed by atoms with Crippen LogP contribution in [-0.2, 0) is 5.41 Å². The highest BCUT2D eigenvalue weighted by Gasteiger charge is 2.72. The Morgan fingerprint density at radius 1 is 0.415 bits per heavy atom. The van der Waals surface area contributed by atoms with Gasteiger partial charge in [0.1, 0.15) is 15.0 Å². The van der Waals surface area contributed by atoms with E-state index in [0.717, 1.165) is 71.4 Å². The van der Waals surface area contributed by atoms with E-state index in [-0.39, 0.29) is 11.0 Å². The van der Waals surface area contributed by atoms with Crippen LogP contribution < -0.4 is 0 Å². The summed E-state index contributed by atoms with van der Waals surface area (Å²) in [4.78, 5) is 18.4. The first-order valence-electron chi connectivity index (χ1n) is 16.1. The number of rotatable bonds is 5. The van der Waals surface area contributed by atoms with Crippen LogP contribution in [0.15, 0.2) is 97.1 Å². The van der Waals surface area contributed by atoms with E-state index < -0.39 is 28.9 Å². The molecule has 0 unspecified atom stereocenters. The zero-order valence-corrected chi connectivity index (χ0v) is 30.7. The first-order chi connectivity index (χ1) is 25.3. The predicted octanol–water partition coefficient (Wildman–Crippen LogP) is 13.2. The van der Waals surface area contributed by atoms with Gasteiger partial charge in [-0.3, -0.25) is 0 Å². The fourth-order valence-corrected chi connectivity index (χ4v) is 10.3. The molecule has 0 radical (unpaired) electrons. The van der Waals surface area contributed by atoms with E-state index in [4.69, 9.17) is 4.98 Å². The Morgan fingerprint density at radius 3 is 1.25 bits per heavy atom. The van der Waals surface area contributed by atoms with Gasteiger partial charge < -0.3 is 0 Å². The summed E-state index contributed by atoms with van der Waals surface area (Å²) in [6, 6.07) is 25.1. The van der Waals surface area contributed by atoms with Crippen LogP contribution in [0.5, 0.6) is 0 Å². The molecule has 0 spiro atoms. The number of nitrogens with zero attached hydrogens (tertiary/aromatic N) is 4. The molecule has 0 amide bonds. The third-order valence-corrected chi connectivity index (χ3v) is 13.3. The van der Waals surface area contributed by atoms with Crippen molar-refractivity contribution in [3.8, 4) is 31.7 Å². The molecule has 0 atom stereocenters. The molecule has 0 bridgehead atoms. The largest absolute Gasteiger partial charge is 0.411 e. The van der Waals surface area contributed by atoms with E-state index >= 15 is 26.3 Å². The summed E-state index contributed by atoms with van der Waals surface area (Å²) in [5, 5.41) is 2.76. The van der Waals surface area contributed by atoms with Gasteiger partial charge in [-0.1, -0.05) is 66.2 Å². The molecular formula is C39H22F6N4S4. The molecule has 14 heteroatoms. The van der Waals surface area contributed by atoms with E-state index in [0.29, 0.717) is 25.0 Å². The summed E-state index contributed by atoms with van der Waals surface area (Å²) in [6.07, 6.45) is -11.5. The molecule has 0 aliphatic carbocycles. The number of hydrogen-bond acceptors (Lipinski definition) is 8. The number of hydrogen-bond donors (Lipinski definition) is 0. The van der Waals surface area contributed by atoms with Crippen LogP contribution in [0.4, 0.5) is 26.3 Å². The zero-order chi connectivity index (χ0) is 36.9. The van der Waals surface area contributed by atoms with Gasteiger partial charge in [-0.25, -0.2) is 19.9 Å². The van der Waals surface area contributed by atoms with Crippen LogP contribution in [0, 0.1) is 13.8 Å². The summed E-state index contributed by atoms with van der Waals surface area (Å²) in [7, 11) is 0. The molecule has 4 aromatic heterocycles. The van der Waals surface area contributed by atoms with Crippen LogP contribution in [0.3, 0.4) is 0 Å². The average Bonchev–Trinajstić information content (AvgIpc) is 3.90. The van der Waals surface area contributed by atoms with Crippen LogP contribution in [0.25, 0.3) is 72.6 Å². The Bertz CT molecular complexity index is 2780. The Kier molecular flexibility index (Phi) is 7.79. The third-order valence-electron chi connectivity index (χ3n) is 9.17. The molecule has 4 heterocycles. The summed E-state index contributed by atoms with van der Waals surface area (Å²) in [5.41, 5.74) is -1.09.